The Bertz CT molecular complexity index is 942. The number of nitrogens with zero attached hydrogens (tertiary/aromatic N) is 3. The van der Waals surface area contributed by atoms with Gasteiger partial charge in [-0.3, -0.25) is 15.5 Å². The predicted molar refractivity (Wildman–Crippen MR) is 102 cm³/mol. The van der Waals surface area contributed by atoms with Gasteiger partial charge in [0.15, 0.2) is 0 Å². The van der Waals surface area contributed by atoms with Crippen LogP contribution in [0.15, 0.2) is 52.9 Å². The van der Waals surface area contributed by atoms with Crippen molar-refractivity contribution in [3.63, 3.8) is 0 Å². The lowest BCUT2D eigenvalue weighted by Gasteiger charge is -1.98. The molecule has 0 amide bonds. The molecule has 126 valence electrons. The number of nitro groups is 1. The van der Waals surface area contributed by atoms with Crippen molar-refractivity contribution in [1.82, 2.24) is 4.98 Å². The molecule has 0 aliphatic heterocycles. The van der Waals surface area contributed by atoms with E-state index in [1.54, 1.807) is 18.2 Å². The summed E-state index contributed by atoms with van der Waals surface area (Å²) in [6.45, 7) is 0. The van der Waals surface area contributed by atoms with Crippen LogP contribution in [-0.2, 0) is 0 Å². The van der Waals surface area contributed by atoms with Crippen molar-refractivity contribution in [3.05, 3.63) is 73.6 Å². The molecule has 1 heterocycles. The van der Waals surface area contributed by atoms with Crippen LogP contribution in [0, 0.1) is 10.1 Å². The minimum atomic E-state index is -0.535. The van der Waals surface area contributed by atoms with Crippen LogP contribution < -0.4 is 5.43 Å². The lowest BCUT2D eigenvalue weighted by atomic mass is 10.2. The highest BCUT2D eigenvalue weighted by atomic mass is 35.5. The highest BCUT2D eigenvalue weighted by Crippen LogP contribution is 2.26. The van der Waals surface area contributed by atoms with Crippen LogP contribution in [0.1, 0.15) is 5.56 Å². The number of nitro benzene ring substituents is 1. The quantitative estimate of drug-likeness (QED) is 0.354. The number of benzene rings is 2. The Labute approximate surface area is 156 Å². The number of hydrazone groups is 1. The molecule has 3 aromatic rings. The fourth-order valence-electron chi connectivity index (χ4n) is 1.99. The fourth-order valence-corrected chi connectivity index (χ4v) is 2.97. The maximum atomic E-state index is 10.9. The summed E-state index contributed by atoms with van der Waals surface area (Å²) in [5.41, 5.74) is 4.95. The Morgan fingerprint density at radius 2 is 1.96 bits per heavy atom. The van der Waals surface area contributed by atoms with Crippen molar-refractivity contribution in [2.45, 2.75) is 0 Å². The van der Waals surface area contributed by atoms with Crippen LogP contribution in [0.25, 0.3) is 11.3 Å². The summed E-state index contributed by atoms with van der Waals surface area (Å²) in [7, 11) is 0. The van der Waals surface area contributed by atoms with E-state index in [1.165, 1.54) is 29.7 Å². The van der Waals surface area contributed by atoms with E-state index in [1.807, 2.05) is 17.5 Å². The molecule has 1 aromatic heterocycles. The van der Waals surface area contributed by atoms with Crippen LogP contribution in [0.2, 0.25) is 10.0 Å². The van der Waals surface area contributed by atoms with Gasteiger partial charge < -0.3 is 0 Å². The fraction of sp³-hybridized carbons (Fsp3) is 0. The van der Waals surface area contributed by atoms with Crippen LogP contribution >= 0.6 is 34.5 Å². The minimum Gasteiger partial charge on any atom is -0.258 e. The van der Waals surface area contributed by atoms with Crippen molar-refractivity contribution in [1.29, 1.82) is 0 Å². The van der Waals surface area contributed by atoms with E-state index < -0.39 is 4.92 Å². The van der Waals surface area contributed by atoms with Crippen LogP contribution in [0.5, 0.6) is 0 Å². The van der Waals surface area contributed by atoms with Crippen LogP contribution in [0.4, 0.5) is 10.8 Å². The first-order chi connectivity index (χ1) is 12.0. The van der Waals surface area contributed by atoms with Gasteiger partial charge in [0.25, 0.3) is 5.69 Å². The minimum absolute atomic E-state index is 0.0858. The molecule has 0 radical (unpaired) electrons. The molecule has 0 aliphatic rings. The predicted octanol–water partition coefficient (Wildman–Crippen LogP) is 5.47. The first-order valence-electron chi connectivity index (χ1n) is 6.97. The third kappa shape index (κ3) is 4.33. The number of hydrogen-bond donors (Lipinski definition) is 1. The van der Waals surface area contributed by atoms with Crippen molar-refractivity contribution in [2.24, 2.45) is 5.10 Å². The molecule has 0 unspecified atom stereocenters. The second-order valence-electron chi connectivity index (χ2n) is 4.88. The zero-order chi connectivity index (χ0) is 17.8. The van der Waals surface area contributed by atoms with E-state index in [-0.39, 0.29) is 10.7 Å². The summed E-state index contributed by atoms with van der Waals surface area (Å²) in [6, 6.07) is 11.8. The van der Waals surface area contributed by atoms with E-state index in [9.17, 15) is 10.1 Å². The van der Waals surface area contributed by atoms with E-state index in [2.05, 4.69) is 15.5 Å². The SMILES string of the molecule is O=[N+]([O-])c1cc(/C=N\Nc2nc(-c3ccc(Cl)cc3)cs2)ccc1Cl. The number of nitrogens with one attached hydrogen (secondary N) is 1. The Morgan fingerprint density at radius 3 is 2.68 bits per heavy atom. The molecule has 0 saturated carbocycles. The van der Waals surface area contributed by atoms with Crippen molar-refractivity contribution >= 4 is 51.6 Å². The van der Waals surface area contributed by atoms with Gasteiger partial charge in [0.05, 0.1) is 16.8 Å². The topological polar surface area (TPSA) is 80.4 Å². The molecular weight excluding hydrogens is 383 g/mol. The first-order valence-corrected chi connectivity index (χ1v) is 8.61. The Balaban J connectivity index is 1.70. The first kappa shape index (κ1) is 17.3. The average Bonchev–Trinajstić information content (AvgIpc) is 3.05. The third-order valence-electron chi connectivity index (χ3n) is 3.18. The smallest absolute Gasteiger partial charge is 0.258 e. The second kappa shape index (κ2) is 7.60. The van der Waals surface area contributed by atoms with Gasteiger partial charge in [-0.15, -0.1) is 11.3 Å². The van der Waals surface area contributed by atoms with Gasteiger partial charge in [-0.25, -0.2) is 4.98 Å². The third-order valence-corrected chi connectivity index (χ3v) is 4.50. The summed E-state index contributed by atoms with van der Waals surface area (Å²) in [5, 5.41) is 18.2. The molecule has 6 nitrogen and oxygen atoms in total. The van der Waals surface area contributed by atoms with Crippen molar-refractivity contribution in [3.8, 4) is 11.3 Å². The number of hydrogen-bond acceptors (Lipinski definition) is 6. The van der Waals surface area contributed by atoms with Crippen molar-refractivity contribution < 1.29 is 4.92 Å². The van der Waals surface area contributed by atoms with Crippen LogP contribution in [0.3, 0.4) is 0 Å². The summed E-state index contributed by atoms with van der Waals surface area (Å²) in [5.74, 6) is 0. The molecule has 1 N–H and O–H groups in total. The van der Waals surface area contributed by atoms with Crippen LogP contribution in [-0.4, -0.2) is 16.1 Å². The number of anilines is 1. The number of thiazole rings is 1. The highest BCUT2D eigenvalue weighted by molar-refractivity contribution is 7.14. The zero-order valence-corrected chi connectivity index (χ0v) is 14.8. The average molecular weight is 393 g/mol. The number of halogens is 2. The Morgan fingerprint density at radius 1 is 1.20 bits per heavy atom. The maximum absolute atomic E-state index is 10.9. The standard InChI is InChI=1S/C16H10Cl2N4O2S/c17-12-4-2-11(3-5-12)14-9-25-16(20-14)21-19-8-10-1-6-13(18)15(7-10)22(23)24/h1-9H,(H,20,21)/b19-8-. The molecule has 3 rings (SSSR count). The second-order valence-corrected chi connectivity index (χ2v) is 6.58. The van der Waals surface area contributed by atoms with E-state index in [0.717, 1.165) is 11.3 Å². The van der Waals surface area contributed by atoms with Crippen molar-refractivity contribution in [2.75, 3.05) is 5.43 Å². The molecule has 0 aliphatic carbocycles. The van der Waals surface area contributed by atoms with E-state index in [4.69, 9.17) is 23.2 Å². The number of aromatic nitrogens is 1. The maximum Gasteiger partial charge on any atom is 0.288 e. The monoisotopic (exact) mass is 392 g/mol. The zero-order valence-electron chi connectivity index (χ0n) is 12.5. The number of rotatable bonds is 5. The van der Waals surface area contributed by atoms with Gasteiger partial charge in [0, 0.05) is 27.6 Å². The molecule has 0 bridgehead atoms. The molecule has 0 fully saturated rings. The van der Waals surface area contributed by atoms with Gasteiger partial charge in [-0.05, 0) is 18.2 Å². The Kier molecular flexibility index (Phi) is 5.28. The molecule has 9 heteroatoms. The Hall–Kier alpha value is -2.48. The van der Waals surface area contributed by atoms with Gasteiger partial charge in [0.2, 0.25) is 5.13 Å². The van der Waals surface area contributed by atoms with Gasteiger partial charge in [0.1, 0.15) is 5.02 Å². The van der Waals surface area contributed by atoms with Gasteiger partial charge in [-0.2, -0.15) is 5.10 Å². The molecule has 0 saturated heterocycles. The van der Waals surface area contributed by atoms with Gasteiger partial charge in [-0.1, -0.05) is 41.4 Å². The molecule has 0 atom stereocenters. The molecular formula is C16H10Cl2N4O2S. The largest absolute Gasteiger partial charge is 0.288 e. The lowest BCUT2D eigenvalue weighted by Crippen LogP contribution is -1.93. The van der Waals surface area contributed by atoms with E-state index in [0.29, 0.717) is 15.7 Å². The normalized spacial score (nSPS) is 11.0. The van der Waals surface area contributed by atoms with Gasteiger partial charge >= 0.3 is 0 Å². The van der Waals surface area contributed by atoms with E-state index >= 15 is 0 Å². The molecule has 0 spiro atoms. The summed E-state index contributed by atoms with van der Waals surface area (Å²) in [6.07, 6.45) is 1.46. The molecule has 2 aromatic carbocycles. The summed E-state index contributed by atoms with van der Waals surface area (Å²) < 4.78 is 0. The summed E-state index contributed by atoms with van der Waals surface area (Å²) >= 11 is 13.0. The summed E-state index contributed by atoms with van der Waals surface area (Å²) in [4.78, 5) is 14.8. The lowest BCUT2D eigenvalue weighted by molar-refractivity contribution is -0.384. The highest BCUT2D eigenvalue weighted by Gasteiger charge is 2.11. The molecule has 25 heavy (non-hydrogen) atoms.